The third kappa shape index (κ3) is 4.10. The monoisotopic (exact) mass is 481 g/mol. The summed E-state index contributed by atoms with van der Waals surface area (Å²) >= 11 is 0. The summed E-state index contributed by atoms with van der Waals surface area (Å²) < 4.78 is 67.8. The van der Waals surface area contributed by atoms with Crippen LogP contribution in [0.3, 0.4) is 0 Å². The van der Waals surface area contributed by atoms with Gasteiger partial charge < -0.3 is 0 Å². The zero-order valence-corrected chi connectivity index (χ0v) is 18.7. The average molecular weight is 481 g/mol. The Hall–Kier alpha value is -3.85. The summed E-state index contributed by atoms with van der Waals surface area (Å²) in [6.45, 7) is 0. The summed E-state index contributed by atoms with van der Waals surface area (Å²) in [4.78, 5) is 0. The zero-order chi connectivity index (χ0) is 24.1. The molecule has 0 bridgehead atoms. The number of hydrogen-bond acceptors (Lipinski definition) is 3. The minimum Gasteiger partial charge on any atom is -0.284 e. The first-order chi connectivity index (χ1) is 16.1. The maximum absolute atomic E-state index is 13.7. The van der Waals surface area contributed by atoms with Gasteiger partial charge in [0.1, 0.15) is 0 Å². The minimum absolute atomic E-state index is 0.282. The Bertz CT molecular complexity index is 1590. The van der Waals surface area contributed by atoms with Gasteiger partial charge >= 0.3 is 6.18 Å². The lowest BCUT2D eigenvalue weighted by molar-refractivity contribution is -0.141. The molecule has 0 atom stereocenters. The molecule has 0 saturated heterocycles. The second-order valence-electron chi connectivity index (χ2n) is 7.94. The standard InChI is InChI=1S/C25H18F3N3O2S/c1-34(32,33)30-18-10-12-19(13-11-18)31-22(15-23(29-31)25(26,27)28)24-20-8-4-2-6-16(20)14-17-7-3-5-9-21(17)24/h2-15,30H,1H3. The number of fused-ring (bicyclic) bond motifs is 2. The molecule has 5 nitrogen and oxygen atoms in total. The number of benzene rings is 4. The Morgan fingerprint density at radius 1 is 0.824 bits per heavy atom. The van der Waals surface area contributed by atoms with Gasteiger partial charge in [-0.1, -0.05) is 48.5 Å². The van der Waals surface area contributed by atoms with E-state index in [0.717, 1.165) is 33.9 Å². The lowest BCUT2D eigenvalue weighted by atomic mass is 9.94. The van der Waals surface area contributed by atoms with E-state index in [2.05, 4.69) is 9.82 Å². The van der Waals surface area contributed by atoms with Crippen molar-refractivity contribution in [2.24, 2.45) is 0 Å². The summed E-state index contributed by atoms with van der Waals surface area (Å²) in [5, 5.41) is 7.28. The molecule has 0 aliphatic heterocycles. The summed E-state index contributed by atoms with van der Waals surface area (Å²) in [5.41, 5.74) is 0.560. The largest absolute Gasteiger partial charge is 0.435 e. The molecular formula is C25H18F3N3O2S. The minimum atomic E-state index is -4.64. The smallest absolute Gasteiger partial charge is 0.284 e. The summed E-state index contributed by atoms with van der Waals surface area (Å²) in [6, 6.07) is 24.1. The molecule has 0 fully saturated rings. The number of nitrogens with zero attached hydrogens (tertiary/aromatic N) is 2. The molecule has 172 valence electrons. The van der Waals surface area contributed by atoms with Crippen molar-refractivity contribution in [2.75, 3.05) is 11.0 Å². The van der Waals surface area contributed by atoms with Crippen molar-refractivity contribution in [1.29, 1.82) is 0 Å². The van der Waals surface area contributed by atoms with Crippen LogP contribution in [0.5, 0.6) is 0 Å². The van der Waals surface area contributed by atoms with E-state index in [1.54, 1.807) is 0 Å². The molecule has 1 heterocycles. The molecule has 5 aromatic rings. The highest BCUT2D eigenvalue weighted by molar-refractivity contribution is 7.92. The quantitative estimate of drug-likeness (QED) is 0.309. The predicted octanol–water partition coefficient (Wildman–Crippen LogP) is 6.24. The van der Waals surface area contributed by atoms with E-state index in [4.69, 9.17) is 0 Å². The molecule has 1 N–H and O–H groups in total. The van der Waals surface area contributed by atoms with Crippen LogP contribution in [0, 0.1) is 0 Å². The van der Waals surface area contributed by atoms with E-state index in [-0.39, 0.29) is 5.69 Å². The Morgan fingerprint density at radius 3 is 1.91 bits per heavy atom. The van der Waals surface area contributed by atoms with Crippen molar-refractivity contribution in [3.8, 4) is 16.9 Å². The number of nitrogens with one attached hydrogen (secondary N) is 1. The first-order valence-electron chi connectivity index (χ1n) is 10.3. The number of aromatic nitrogens is 2. The maximum atomic E-state index is 13.7. The van der Waals surface area contributed by atoms with Crippen molar-refractivity contribution in [1.82, 2.24) is 9.78 Å². The van der Waals surface area contributed by atoms with Gasteiger partial charge in [0.15, 0.2) is 5.69 Å². The van der Waals surface area contributed by atoms with Gasteiger partial charge in [0.25, 0.3) is 0 Å². The molecule has 0 spiro atoms. The van der Waals surface area contributed by atoms with Gasteiger partial charge in [0.2, 0.25) is 10.0 Å². The van der Waals surface area contributed by atoms with Gasteiger partial charge in [-0.25, -0.2) is 13.1 Å². The fourth-order valence-corrected chi connectivity index (χ4v) is 4.63. The third-order valence-electron chi connectivity index (χ3n) is 5.44. The second-order valence-corrected chi connectivity index (χ2v) is 9.69. The van der Waals surface area contributed by atoms with Crippen LogP contribution in [0.1, 0.15) is 5.69 Å². The number of alkyl halides is 3. The summed E-state index contributed by atoms with van der Waals surface area (Å²) in [6.07, 6.45) is -3.62. The van der Waals surface area contributed by atoms with E-state index in [9.17, 15) is 21.6 Å². The topological polar surface area (TPSA) is 64.0 Å². The van der Waals surface area contributed by atoms with Crippen molar-refractivity contribution < 1.29 is 21.6 Å². The average Bonchev–Trinajstić information content (AvgIpc) is 3.22. The van der Waals surface area contributed by atoms with E-state index in [0.29, 0.717) is 16.9 Å². The zero-order valence-electron chi connectivity index (χ0n) is 17.8. The number of anilines is 1. The SMILES string of the molecule is CS(=O)(=O)Nc1ccc(-n2nc(C(F)(F)F)cc2-c2c3ccccc3cc3ccccc23)cc1. The first kappa shape index (κ1) is 22.0. The molecule has 34 heavy (non-hydrogen) atoms. The molecule has 0 radical (unpaired) electrons. The molecule has 0 unspecified atom stereocenters. The van der Waals surface area contributed by atoms with Crippen LogP contribution in [0.25, 0.3) is 38.5 Å². The second kappa shape index (κ2) is 7.88. The summed E-state index contributed by atoms with van der Waals surface area (Å²) in [7, 11) is -3.49. The number of hydrogen-bond donors (Lipinski definition) is 1. The van der Waals surface area contributed by atoms with Crippen LogP contribution in [0.4, 0.5) is 18.9 Å². The van der Waals surface area contributed by atoms with Crippen molar-refractivity contribution in [3.63, 3.8) is 0 Å². The molecule has 4 aromatic carbocycles. The predicted molar refractivity (Wildman–Crippen MR) is 127 cm³/mol. The van der Waals surface area contributed by atoms with Crippen LogP contribution in [-0.4, -0.2) is 24.5 Å². The number of rotatable bonds is 4. The fraction of sp³-hybridized carbons (Fsp3) is 0.0800. The van der Waals surface area contributed by atoms with Crippen molar-refractivity contribution in [2.45, 2.75) is 6.18 Å². The number of sulfonamides is 1. The fourth-order valence-electron chi connectivity index (χ4n) is 4.07. The highest BCUT2D eigenvalue weighted by Crippen LogP contribution is 2.40. The van der Waals surface area contributed by atoms with Gasteiger partial charge in [0.05, 0.1) is 17.6 Å². The van der Waals surface area contributed by atoms with E-state index in [1.165, 1.54) is 28.9 Å². The normalized spacial score (nSPS) is 12.4. The van der Waals surface area contributed by atoms with Gasteiger partial charge in [-0.3, -0.25) is 4.72 Å². The third-order valence-corrected chi connectivity index (χ3v) is 6.05. The van der Waals surface area contributed by atoms with E-state index in [1.807, 2.05) is 54.6 Å². The molecule has 5 rings (SSSR count). The van der Waals surface area contributed by atoms with Crippen LogP contribution in [-0.2, 0) is 16.2 Å². The molecule has 1 aromatic heterocycles. The lowest BCUT2D eigenvalue weighted by Crippen LogP contribution is -2.10. The van der Waals surface area contributed by atoms with Crippen molar-refractivity contribution in [3.05, 3.63) is 90.6 Å². The Morgan fingerprint density at radius 2 is 1.38 bits per heavy atom. The van der Waals surface area contributed by atoms with Gasteiger partial charge in [-0.15, -0.1) is 0 Å². The Kier molecular flexibility index (Phi) is 5.09. The van der Waals surface area contributed by atoms with Crippen LogP contribution in [0.15, 0.2) is 84.9 Å². The first-order valence-corrected chi connectivity index (χ1v) is 12.2. The summed E-state index contributed by atoms with van der Waals surface area (Å²) in [5.74, 6) is 0. The van der Waals surface area contributed by atoms with Gasteiger partial charge in [-0.05, 0) is 57.9 Å². The van der Waals surface area contributed by atoms with Gasteiger partial charge in [-0.2, -0.15) is 18.3 Å². The highest BCUT2D eigenvalue weighted by atomic mass is 32.2. The van der Waals surface area contributed by atoms with E-state index < -0.39 is 21.9 Å². The molecule has 0 aliphatic rings. The van der Waals surface area contributed by atoms with Crippen molar-refractivity contribution >= 4 is 37.3 Å². The van der Waals surface area contributed by atoms with Crippen LogP contribution < -0.4 is 4.72 Å². The lowest BCUT2D eigenvalue weighted by Gasteiger charge is -2.14. The van der Waals surface area contributed by atoms with Crippen LogP contribution in [0.2, 0.25) is 0 Å². The van der Waals surface area contributed by atoms with Gasteiger partial charge in [0, 0.05) is 11.3 Å². The molecule has 0 aliphatic carbocycles. The number of halogens is 3. The molecule has 0 amide bonds. The van der Waals surface area contributed by atoms with E-state index >= 15 is 0 Å². The molecular weight excluding hydrogens is 463 g/mol. The maximum Gasteiger partial charge on any atom is 0.435 e. The molecule has 9 heteroatoms. The Labute approximate surface area is 193 Å². The highest BCUT2D eigenvalue weighted by Gasteiger charge is 2.35. The molecule has 0 saturated carbocycles. The van der Waals surface area contributed by atoms with Crippen LogP contribution >= 0.6 is 0 Å². The Balaban J connectivity index is 1.79.